The van der Waals surface area contributed by atoms with E-state index in [1.807, 2.05) is 24.3 Å². The van der Waals surface area contributed by atoms with Crippen molar-refractivity contribution in [3.63, 3.8) is 0 Å². The SMILES string of the molecule is CCCCCC[C@@H](C)Oc1ccc(-c2ccc(OC(=O)C3CCC(CCCCCC[C@@H](C)CC)CC3)cc2)cc1. The standard InChI is InChI=1S/C37H56O3/c1-5-7-8-12-15-30(4)39-35-25-21-32(22-26-35)33-23-27-36(28-24-33)40-37(38)34-19-17-31(18-20-34)16-13-10-9-11-14-29(3)6-2/h21-31,34H,5-20H2,1-4H3/t29-,30+,31?,34?/m0/s1. The number of rotatable bonds is 18. The molecule has 2 aromatic carbocycles. The van der Waals surface area contributed by atoms with Gasteiger partial charge in [0.2, 0.25) is 0 Å². The molecular weight excluding hydrogens is 492 g/mol. The van der Waals surface area contributed by atoms with Crippen molar-refractivity contribution in [1.82, 2.24) is 0 Å². The van der Waals surface area contributed by atoms with Crippen molar-refractivity contribution in [3.05, 3.63) is 48.5 Å². The molecule has 0 radical (unpaired) electrons. The van der Waals surface area contributed by atoms with Crippen molar-refractivity contribution in [2.45, 2.75) is 137 Å². The maximum absolute atomic E-state index is 12.8. The molecule has 3 heteroatoms. The Labute approximate surface area is 245 Å². The topological polar surface area (TPSA) is 35.5 Å². The van der Waals surface area contributed by atoms with Crippen LogP contribution in [0.25, 0.3) is 11.1 Å². The lowest BCUT2D eigenvalue weighted by Gasteiger charge is -2.27. The summed E-state index contributed by atoms with van der Waals surface area (Å²) in [4.78, 5) is 12.8. The smallest absolute Gasteiger partial charge is 0.314 e. The van der Waals surface area contributed by atoms with Gasteiger partial charge in [0.25, 0.3) is 0 Å². The molecule has 3 nitrogen and oxygen atoms in total. The number of benzene rings is 2. The average molecular weight is 549 g/mol. The summed E-state index contributed by atoms with van der Waals surface area (Å²) in [6, 6.07) is 16.2. The zero-order valence-electron chi connectivity index (χ0n) is 26.0. The first kappa shape index (κ1) is 32.2. The van der Waals surface area contributed by atoms with Gasteiger partial charge in [-0.15, -0.1) is 0 Å². The molecule has 1 aliphatic carbocycles. The number of ether oxygens (including phenoxy) is 2. The van der Waals surface area contributed by atoms with Gasteiger partial charge in [-0.1, -0.05) is 109 Å². The number of carbonyl (C=O) groups excluding carboxylic acids is 1. The summed E-state index contributed by atoms with van der Waals surface area (Å²) < 4.78 is 11.9. The highest BCUT2D eigenvalue weighted by atomic mass is 16.5. The Hall–Kier alpha value is -2.29. The van der Waals surface area contributed by atoms with Crippen LogP contribution >= 0.6 is 0 Å². The summed E-state index contributed by atoms with van der Waals surface area (Å²) in [6.45, 7) is 9.06. The minimum Gasteiger partial charge on any atom is -0.491 e. The molecule has 0 unspecified atom stereocenters. The number of unbranched alkanes of at least 4 members (excludes halogenated alkanes) is 6. The van der Waals surface area contributed by atoms with E-state index in [0.717, 1.165) is 48.0 Å². The summed E-state index contributed by atoms with van der Waals surface area (Å²) in [5.41, 5.74) is 2.24. The molecule has 0 N–H and O–H groups in total. The maximum Gasteiger partial charge on any atom is 0.314 e. The van der Waals surface area contributed by atoms with Gasteiger partial charge >= 0.3 is 5.97 Å². The molecule has 1 aliphatic rings. The van der Waals surface area contributed by atoms with Crippen molar-refractivity contribution in [2.24, 2.45) is 17.8 Å². The fraction of sp³-hybridized carbons (Fsp3) is 0.649. The monoisotopic (exact) mass is 548 g/mol. The van der Waals surface area contributed by atoms with E-state index in [-0.39, 0.29) is 18.0 Å². The van der Waals surface area contributed by atoms with Crippen molar-refractivity contribution in [3.8, 4) is 22.6 Å². The van der Waals surface area contributed by atoms with Crippen molar-refractivity contribution >= 4 is 5.97 Å². The molecule has 0 heterocycles. The number of carbonyl (C=O) groups is 1. The third-order valence-electron chi connectivity index (χ3n) is 9.00. The van der Waals surface area contributed by atoms with Gasteiger partial charge in [0.15, 0.2) is 0 Å². The Bertz CT molecular complexity index is 940. The van der Waals surface area contributed by atoms with E-state index in [4.69, 9.17) is 9.47 Å². The molecule has 1 fully saturated rings. The molecule has 0 bridgehead atoms. The van der Waals surface area contributed by atoms with Crippen LogP contribution in [-0.2, 0) is 4.79 Å². The van der Waals surface area contributed by atoms with Crippen molar-refractivity contribution in [1.29, 1.82) is 0 Å². The highest BCUT2D eigenvalue weighted by Gasteiger charge is 2.27. The molecular formula is C37H56O3. The Morgan fingerprint density at radius 1 is 0.725 bits per heavy atom. The van der Waals surface area contributed by atoms with Crippen molar-refractivity contribution < 1.29 is 14.3 Å². The summed E-state index contributed by atoms with van der Waals surface area (Å²) >= 11 is 0. The van der Waals surface area contributed by atoms with E-state index >= 15 is 0 Å². The summed E-state index contributed by atoms with van der Waals surface area (Å²) in [6.07, 6.45) is 20.2. The quantitative estimate of drug-likeness (QED) is 0.106. The average Bonchev–Trinajstić information content (AvgIpc) is 2.98. The van der Waals surface area contributed by atoms with Crippen LogP contribution in [0.2, 0.25) is 0 Å². The van der Waals surface area contributed by atoms with Gasteiger partial charge in [-0.3, -0.25) is 4.79 Å². The van der Waals surface area contributed by atoms with E-state index in [1.54, 1.807) is 0 Å². The first-order chi connectivity index (χ1) is 19.5. The molecule has 0 aliphatic heterocycles. The molecule has 0 saturated heterocycles. The van der Waals surface area contributed by atoms with Gasteiger partial charge in [0, 0.05) is 0 Å². The molecule has 3 rings (SSSR count). The molecule has 0 amide bonds. The Morgan fingerprint density at radius 2 is 1.30 bits per heavy atom. The summed E-state index contributed by atoms with van der Waals surface area (Å²) in [5.74, 6) is 3.23. The molecule has 222 valence electrons. The second-order valence-electron chi connectivity index (χ2n) is 12.5. The lowest BCUT2D eigenvalue weighted by Crippen LogP contribution is -2.25. The molecule has 2 aromatic rings. The Kier molecular flexibility index (Phi) is 14.7. The highest BCUT2D eigenvalue weighted by Crippen LogP contribution is 2.33. The van der Waals surface area contributed by atoms with Gasteiger partial charge in [0.1, 0.15) is 11.5 Å². The first-order valence-electron chi connectivity index (χ1n) is 16.6. The van der Waals surface area contributed by atoms with Gasteiger partial charge in [-0.25, -0.2) is 0 Å². The van der Waals surface area contributed by atoms with E-state index < -0.39 is 0 Å². The fourth-order valence-corrected chi connectivity index (χ4v) is 5.96. The van der Waals surface area contributed by atoms with E-state index in [9.17, 15) is 4.79 Å². The van der Waals surface area contributed by atoms with Crippen LogP contribution in [-0.4, -0.2) is 12.1 Å². The lowest BCUT2D eigenvalue weighted by atomic mass is 9.79. The van der Waals surface area contributed by atoms with E-state index in [0.29, 0.717) is 5.75 Å². The predicted octanol–water partition coefficient (Wildman–Crippen LogP) is 11.2. The Morgan fingerprint density at radius 3 is 1.93 bits per heavy atom. The molecule has 1 saturated carbocycles. The van der Waals surface area contributed by atoms with Crippen molar-refractivity contribution in [2.75, 3.05) is 0 Å². The maximum atomic E-state index is 12.8. The predicted molar refractivity (Wildman–Crippen MR) is 169 cm³/mol. The summed E-state index contributed by atoms with van der Waals surface area (Å²) in [5, 5.41) is 0. The van der Waals surface area contributed by atoms with Crippen LogP contribution < -0.4 is 9.47 Å². The zero-order valence-corrected chi connectivity index (χ0v) is 26.0. The zero-order chi connectivity index (χ0) is 28.6. The third kappa shape index (κ3) is 11.7. The second kappa shape index (κ2) is 18.2. The minimum atomic E-state index is -0.0541. The molecule has 2 atom stereocenters. The normalized spacial score (nSPS) is 18.7. The molecule has 0 aromatic heterocycles. The van der Waals surface area contributed by atoms with E-state index in [2.05, 4.69) is 52.0 Å². The largest absolute Gasteiger partial charge is 0.491 e. The molecule has 0 spiro atoms. The second-order valence-corrected chi connectivity index (χ2v) is 12.5. The number of esters is 1. The van der Waals surface area contributed by atoms with Gasteiger partial charge in [0.05, 0.1) is 12.0 Å². The lowest BCUT2D eigenvalue weighted by molar-refractivity contribution is -0.140. The van der Waals surface area contributed by atoms with Crippen LogP contribution in [0.5, 0.6) is 11.5 Å². The van der Waals surface area contributed by atoms with Crippen LogP contribution in [0, 0.1) is 17.8 Å². The highest BCUT2D eigenvalue weighted by molar-refractivity contribution is 5.75. The van der Waals surface area contributed by atoms with Crippen LogP contribution in [0.3, 0.4) is 0 Å². The summed E-state index contributed by atoms with van der Waals surface area (Å²) in [7, 11) is 0. The third-order valence-corrected chi connectivity index (χ3v) is 9.00. The van der Waals surface area contributed by atoms with Gasteiger partial charge in [-0.2, -0.15) is 0 Å². The molecule has 40 heavy (non-hydrogen) atoms. The first-order valence-corrected chi connectivity index (χ1v) is 16.6. The van der Waals surface area contributed by atoms with Gasteiger partial charge in [-0.05, 0) is 92.7 Å². The number of hydrogen-bond acceptors (Lipinski definition) is 3. The van der Waals surface area contributed by atoms with Crippen LogP contribution in [0.1, 0.15) is 130 Å². The van der Waals surface area contributed by atoms with Gasteiger partial charge < -0.3 is 9.47 Å². The minimum absolute atomic E-state index is 0.0491. The van der Waals surface area contributed by atoms with Crippen LogP contribution in [0.15, 0.2) is 48.5 Å². The number of hydrogen-bond donors (Lipinski definition) is 0. The van der Waals surface area contributed by atoms with Crippen LogP contribution in [0.4, 0.5) is 0 Å². The Balaban J connectivity index is 1.35. The fourth-order valence-electron chi connectivity index (χ4n) is 5.96. The van der Waals surface area contributed by atoms with E-state index in [1.165, 1.54) is 83.5 Å².